The Morgan fingerprint density at radius 2 is 1.93 bits per heavy atom. The van der Waals surface area contributed by atoms with Gasteiger partial charge >= 0.3 is 0 Å². The van der Waals surface area contributed by atoms with Crippen LogP contribution in [0.25, 0.3) is 11.3 Å². The van der Waals surface area contributed by atoms with E-state index in [1.54, 1.807) is 18.5 Å². The van der Waals surface area contributed by atoms with E-state index in [0.717, 1.165) is 54.3 Å². The molecule has 29 heavy (non-hydrogen) atoms. The predicted molar refractivity (Wildman–Crippen MR) is 115 cm³/mol. The van der Waals surface area contributed by atoms with Crippen LogP contribution in [-0.4, -0.2) is 39.8 Å². The number of amides is 1. The van der Waals surface area contributed by atoms with Gasteiger partial charge in [-0.25, -0.2) is 4.98 Å². The van der Waals surface area contributed by atoms with Crippen LogP contribution in [0.15, 0.2) is 48.8 Å². The van der Waals surface area contributed by atoms with E-state index >= 15 is 0 Å². The molecule has 2 aromatic heterocycles. The number of pyridine rings is 1. The normalized spacial score (nSPS) is 14.8. The summed E-state index contributed by atoms with van der Waals surface area (Å²) in [5, 5.41) is 7.27. The molecule has 3 N–H and O–H groups in total. The topological polar surface area (TPSA) is 89.1 Å². The third kappa shape index (κ3) is 4.14. The van der Waals surface area contributed by atoms with E-state index in [2.05, 4.69) is 20.3 Å². The number of aromatic nitrogens is 3. The van der Waals surface area contributed by atoms with E-state index in [0.29, 0.717) is 5.56 Å². The lowest BCUT2D eigenvalue weighted by molar-refractivity contribution is 0.102. The second-order valence-corrected chi connectivity index (χ2v) is 7.55. The number of rotatable bonds is 4. The van der Waals surface area contributed by atoms with E-state index in [4.69, 9.17) is 5.73 Å². The summed E-state index contributed by atoms with van der Waals surface area (Å²) >= 11 is 0. The van der Waals surface area contributed by atoms with Crippen LogP contribution in [0.2, 0.25) is 0 Å². The summed E-state index contributed by atoms with van der Waals surface area (Å²) in [4.78, 5) is 19.6. The first-order valence-corrected chi connectivity index (χ1v) is 9.88. The first kappa shape index (κ1) is 19.1. The van der Waals surface area contributed by atoms with Gasteiger partial charge in [0.25, 0.3) is 5.91 Å². The van der Waals surface area contributed by atoms with Crippen LogP contribution < -0.4 is 16.0 Å². The van der Waals surface area contributed by atoms with Crippen molar-refractivity contribution in [3.63, 3.8) is 0 Å². The average Bonchev–Trinajstić information content (AvgIpc) is 3.16. The Labute approximate surface area is 170 Å². The molecule has 7 nitrogen and oxygen atoms in total. The van der Waals surface area contributed by atoms with Crippen LogP contribution in [0.4, 0.5) is 11.5 Å². The fourth-order valence-corrected chi connectivity index (χ4v) is 3.63. The fraction of sp³-hybridized carbons (Fsp3) is 0.318. The first-order chi connectivity index (χ1) is 14.0. The van der Waals surface area contributed by atoms with Gasteiger partial charge in [-0.15, -0.1) is 0 Å². The lowest BCUT2D eigenvalue weighted by Crippen LogP contribution is -2.40. The number of nitrogens with two attached hydrogens (primary N) is 1. The summed E-state index contributed by atoms with van der Waals surface area (Å²) in [5.41, 5.74) is 10.4. The molecule has 3 heterocycles. The van der Waals surface area contributed by atoms with E-state index in [9.17, 15) is 4.79 Å². The Hall–Kier alpha value is -3.19. The monoisotopic (exact) mass is 390 g/mol. The molecule has 3 aromatic rings. The van der Waals surface area contributed by atoms with Gasteiger partial charge in [-0.1, -0.05) is 12.1 Å². The number of anilines is 2. The summed E-state index contributed by atoms with van der Waals surface area (Å²) in [6.45, 7) is 3.72. The number of hydrogen-bond acceptors (Lipinski definition) is 5. The molecule has 1 amide bonds. The summed E-state index contributed by atoms with van der Waals surface area (Å²) in [7, 11) is 1.90. The second-order valence-electron chi connectivity index (χ2n) is 7.55. The van der Waals surface area contributed by atoms with Crippen molar-refractivity contribution in [2.24, 2.45) is 12.8 Å². The lowest BCUT2D eigenvalue weighted by Gasteiger charge is -2.31. The van der Waals surface area contributed by atoms with Crippen LogP contribution in [0.1, 0.15) is 28.8 Å². The Balaban J connectivity index is 1.54. The minimum absolute atomic E-state index is 0.146. The summed E-state index contributed by atoms with van der Waals surface area (Å²) < 4.78 is 1.82. The van der Waals surface area contributed by atoms with Gasteiger partial charge < -0.3 is 16.0 Å². The maximum Gasteiger partial charge on any atom is 0.255 e. The van der Waals surface area contributed by atoms with E-state index in [-0.39, 0.29) is 11.9 Å². The predicted octanol–water partition coefficient (Wildman–Crippen LogP) is 2.97. The zero-order chi connectivity index (χ0) is 20.4. The van der Waals surface area contributed by atoms with E-state index in [1.165, 1.54) is 0 Å². The highest BCUT2D eigenvalue weighted by Gasteiger charge is 2.18. The van der Waals surface area contributed by atoms with Gasteiger partial charge in [0.1, 0.15) is 5.82 Å². The molecule has 0 bridgehead atoms. The summed E-state index contributed by atoms with van der Waals surface area (Å²) in [6.07, 6.45) is 5.34. The Morgan fingerprint density at radius 1 is 1.14 bits per heavy atom. The first-order valence-electron chi connectivity index (χ1n) is 9.88. The number of hydrogen-bond donors (Lipinski definition) is 2. The third-order valence-corrected chi connectivity index (χ3v) is 5.47. The minimum atomic E-state index is -0.146. The highest BCUT2D eigenvalue weighted by molar-refractivity contribution is 6.05. The molecule has 1 fully saturated rings. The Bertz CT molecular complexity index is 1020. The van der Waals surface area contributed by atoms with Crippen LogP contribution in [0, 0.1) is 6.92 Å². The zero-order valence-electron chi connectivity index (χ0n) is 16.8. The average molecular weight is 390 g/mol. The van der Waals surface area contributed by atoms with Gasteiger partial charge in [0.15, 0.2) is 0 Å². The molecule has 0 atom stereocenters. The molecule has 7 heteroatoms. The van der Waals surface area contributed by atoms with Crippen molar-refractivity contribution in [2.75, 3.05) is 23.3 Å². The number of carbonyl (C=O) groups is 1. The number of benzene rings is 1. The molecule has 4 rings (SSSR count). The quantitative estimate of drug-likeness (QED) is 0.715. The second kappa shape index (κ2) is 8.05. The van der Waals surface area contributed by atoms with Gasteiger partial charge in [-0.05, 0) is 49.6 Å². The highest BCUT2D eigenvalue weighted by Crippen LogP contribution is 2.26. The van der Waals surface area contributed by atoms with Crippen molar-refractivity contribution in [1.82, 2.24) is 14.8 Å². The van der Waals surface area contributed by atoms with Crippen molar-refractivity contribution in [2.45, 2.75) is 25.8 Å². The van der Waals surface area contributed by atoms with Crippen LogP contribution in [-0.2, 0) is 7.05 Å². The smallest absolute Gasteiger partial charge is 0.255 e. The maximum atomic E-state index is 12.9. The third-order valence-electron chi connectivity index (χ3n) is 5.47. The molecule has 0 saturated carbocycles. The maximum absolute atomic E-state index is 12.9. The molecular weight excluding hydrogens is 364 g/mol. The van der Waals surface area contributed by atoms with Gasteiger partial charge in [0.2, 0.25) is 0 Å². The molecule has 150 valence electrons. The number of aryl methyl sites for hydroxylation is 2. The van der Waals surface area contributed by atoms with Crippen LogP contribution in [0.5, 0.6) is 0 Å². The van der Waals surface area contributed by atoms with Gasteiger partial charge in [0.05, 0.1) is 5.69 Å². The molecule has 1 aliphatic rings. The molecule has 1 saturated heterocycles. The number of nitrogens with zero attached hydrogens (tertiary/aromatic N) is 4. The fourth-order valence-electron chi connectivity index (χ4n) is 3.63. The SMILES string of the molecule is Cc1ccc(-c2ccnn2C)cc1NC(=O)c1ccnc(N2CCC(N)CC2)c1. The number of nitrogens with one attached hydrogen (secondary N) is 1. The zero-order valence-corrected chi connectivity index (χ0v) is 16.8. The minimum Gasteiger partial charge on any atom is -0.356 e. The summed E-state index contributed by atoms with van der Waals surface area (Å²) in [6, 6.07) is 11.8. The molecule has 0 aliphatic carbocycles. The number of piperidine rings is 1. The van der Waals surface area contributed by atoms with Crippen molar-refractivity contribution in [3.8, 4) is 11.3 Å². The van der Waals surface area contributed by atoms with Gasteiger partial charge in [-0.2, -0.15) is 5.10 Å². The molecule has 0 unspecified atom stereocenters. The standard InChI is InChI=1S/C22H26N6O/c1-15-3-4-16(20-6-10-25-27(20)2)13-19(15)26-22(29)17-5-9-24-21(14-17)28-11-7-18(23)8-12-28/h3-6,9-10,13-14,18H,7-8,11-12,23H2,1-2H3,(H,26,29). The molecule has 0 radical (unpaired) electrons. The van der Waals surface area contributed by atoms with Crippen molar-refractivity contribution in [3.05, 3.63) is 59.9 Å². The summed E-state index contributed by atoms with van der Waals surface area (Å²) in [5.74, 6) is 0.678. The highest BCUT2D eigenvalue weighted by atomic mass is 16.1. The van der Waals surface area contributed by atoms with Crippen molar-refractivity contribution < 1.29 is 4.79 Å². The van der Waals surface area contributed by atoms with Gasteiger partial charge in [-0.3, -0.25) is 9.48 Å². The molecule has 1 aromatic carbocycles. The van der Waals surface area contributed by atoms with Crippen LogP contribution >= 0.6 is 0 Å². The van der Waals surface area contributed by atoms with E-state index in [1.807, 2.05) is 49.0 Å². The van der Waals surface area contributed by atoms with Crippen molar-refractivity contribution >= 4 is 17.4 Å². The Kier molecular flexibility index (Phi) is 5.31. The van der Waals surface area contributed by atoms with Crippen LogP contribution in [0.3, 0.4) is 0 Å². The molecule has 1 aliphatic heterocycles. The van der Waals surface area contributed by atoms with E-state index < -0.39 is 0 Å². The lowest BCUT2D eigenvalue weighted by atomic mass is 10.1. The number of carbonyl (C=O) groups excluding carboxylic acids is 1. The van der Waals surface area contributed by atoms with Crippen molar-refractivity contribution in [1.29, 1.82) is 0 Å². The molecule has 0 spiro atoms. The Morgan fingerprint density at radius 3 is 2.66 bits per heavy atom. The largest absolute Gasteiger partial charge is 0.356 e. The van der Waals surface area contributed by atoms with Gasteiger partial charge in [0, 0.05) is 55.4 Å². The molecular formula is C22H26N6O.